The Balaban J connectivity index is 1.48. The smallest absolute Gasteiger partial charge is 0.204 e. The maximum absolute atomic E-state index is 13.0. The minimum absolute atomic E-state index is 0.144. The monoisotopic (exact) mass is 469 g/mol. The highest BCUT2D eigenvalue weighted by molar-refractivity contribution is 7.90. The van der Waals surface area contributed by atoms with Crippen LogP contribution >= 0.6 is 11.3 Å². The van der Waals surface area contributed by atoms with Gasteiger partial charge in [0.2, 0.25) is 5.78 Å². The molecule has 0 spiro atoms. The van der Waals surface area contributed by atoms with E-state index in [1.54, 1.807) is 18.3 Å². The molecule has 2 aromatic carbocycles. The zero-order valence-electron chi connectivity index (χ0n) is 18.4. The molecule has 0 unspecified atom stereocenters. The van der Waals surface area contributed by atoms with Gasteiger partial charge in [-0.05, 0) is 31.5 Å². The Labute approximate surface area is 193 Å². The normalized spacial score (nSPS) is 19.8. The van der Waals surface area contributed by atoms with Crippen LogP contribution in [0.2, 0.25) is 0 Å². The minimum Gasteiger partial charge on any atom is -0.343 e. The number of hydrogen-bond donors (Lipinski definition) is 0. The highest BCUT2D eigenvalue weighted by Crippen LogP contribution is 2.30. The highest BCUT2D eigenvalue weighted by Gasteiger charge is 2.31. The number of anilines is 1. The Hall–Kier alpha value is -2.55. The quantitative estimate of drug-likeness (QED) is 0.511. The summed E-state index contributed by atoms with van der Waals surface area (Å²) in [5, 5.41) is 0.825. The van der Waals surface area contributed by atoms with E-state index in [0.29, 0.717) is 16.5 Å². The highest BCUT2D eigenvalue weighted by atomic mass is 32.2. The summed E-state index contributed by atoms with van der Waals surface area (Å²) in [7, 11) is -3.37. The number of ketones is 1. The molecule has 32 heavy (non-hydrogen) atoms. The van der Waals surface area contributed by atoms with Crippen molar-refractivity contribution >= 4 is 32.1 Å². The van der Waals surface area contributed by atoms with Gasteiger partial charge in [0.15, 0.2) is 15.0 Å². The molecule has 1 saturated heterocycles. The van der Waals surface area contributed by atoms with Crippen molar-refractivity contribution in [3.8, 4) is 0 Å². The van der Waals surface area contributed by atoms with E-state index in [4.69, 9.17) is 0 Å². The Bertz CT molecular complexity index is 1210. The summed E-state index contributed by atoms with van der Waals surface area (Å²) >= 11 is 1.36. The molecule has 1 aromatic heterocycles. The topological polar surface area (TPSA) is 70.6 Å². The lowest BCUT2D eigenvalue weighted by atomic mass is 10.1. The Morgan fingerprint density at radius 1 is 1.06 bits per heavy atom. The number of thiazole rings is 1. The second-order valence-corrected chi connectivity index (χ2v) is 11.4. The molecular formula is C24H27N3O3S2. The standard InChI is InChI=1S/C24H27N3O3S2/c1-17-15-27(18(2)14-26(17)16-19-8-5-4-6-9-19)24-25-13-22(31-24)23(28)20-10-7-11-21(12-20)32(3,29)30/h4-13,17-18H,14-16H2,1-3H3/t17-,18+/m1/s1. The summed E-state index contributed by atoms with van der Waals surface area (Å²) in [5.41, 5.74) is 1.66. The molecule has 3 aromatic rings. The van der Waals surface area contributed by atoms with Gasteiger partial charge in [-0.15, -0.1) is 0 Å². The predicted octanol–water partition coefficient (Wildman–Crippen LogP) is 3.88. The number of piperazine rings is 1. The molecule has 2 heterocycles. The number of benzene rings is 2. The van der Waals surface area contributed by atoms with Gasteiger partial charge in [0.1, 0.15) is 0 Å². The van der Waals surface area contributed by atoms with Gasteiger partial charge in [0.25, 0.3) is 0 Å². The number of aromatic nitrogens is 1. The maximum Gasteiger partial charge on any atom is 0.204 e. The Kier molecular flexibility index (Phi) is 6.46. The van der Waals surface area contributed by atoms with Gasteiger partial charge in [-0.2, -0.15) is 0 Å². The first-order chi connectivity index (χ1) is 15.2. The molecule has 0 amide bonds. The SMILES string of the molecule is C[C@@H]1CN(c2ncc(C(=O)c3cccc(S(C)(=O)=O)c3)s2)[C@@H](C)CN1Cc1ccccc1. The molecule has 2 atom stereocenters. The first-order valence-electron chi connectivity index (χ1n) is 10.6. The summed E-state index contributed by atoms with van der Waals surface area (Å²) in [6.45, 7) is 7.06. The number of hydrogen-bond acceptors (Lipinski definition) is 7. The zero-order valence-corrected chi connectivity index (χ0v) is 20.1. The molecule has 4 rings (SSSR count). The molecule has 8 heteroatoms. The molecule has 0 saturated carbocycles. The van der Waals surface area contributed by atoms with E-state index in [2.05, 4.69) is 52.9 Å². The van der Waals surface area contributed by atoms with Crippen LogP contribution in [0.4, 0.5) is 5.13 Å². The Morgan fingerprint density at radius 3 is 2.53 bits per heavy atom. The van der Waals surface area contributed by atoms with Crippen molar-refractivity contribution in [3.05, 3.63) is 76.8 Å². The van der Waals surface area contributed by atoms with Gasteiger partial charge in [0, 0.05) is 43.5 Å². The van der Waals surface area contributed by atoms with Crippen LogP contribution in [0.3, 0.4) is 0 Å². The zero-order chi connectivity index (χ0) is 22.9. The van der Waals surface area contributed by atoms with Gasteiger partial charge in [-0.1, -0.05) is 53.8 Å². The summed E-state index contributed by atoms with van der Waals surface area (Å²) < 4.78 is 23.7. The van der Waals surface area contributed by atoms with Gasteiger partial charge < -0.3 is 4.90 Å². The first kappa shape index (κ1) is 22.6. The van der Waals surface area contributed by atoms with E-state index in [1.807, 2.05) is 6.07 Å². The number of rotatable bonds is 6. The number of nitrogens with zero attached hydrogens (tertiary/aromatic N) is 3. The molecule has 1 aliphatic heterocycles. The van der Waals surface area contributed by atoms with Crippen molar-refractivity contribution in [1.29, 1.82) is 0 Å². The van der Waals surface area contributed by atoms with Crippen LogP contribution in [0.1, 0.15) is 34.6 Å². The summed E-state index contributed by atoms with van der Waals surface area (Å²) in [5.74, 6) is -0.206. The van der Waals surface area contributed by atoms with Crippen LogP contribution in [0.25, 0.3) is 0 Å². The lowest BCUT2D eigenvalue weighted by Crippen LogP contribution is -2.56. The first-order valence-corrected chi connectivity index (χ1v) is 13.3. The number of sulfone groups is 1. The van der Waals surface area contributed by atoms with E-state index < -0.39 is 9.84 Å². The molecule has 168 valence electrons. The van der Waals surface area contributed by atoms with E-state index >= 15 is 0 Å². The molecule has 0 N–H and O–H groups in total. The van der Waals surface area contributed by atoms with Crippen molar-refractivity contribution < 1.29 is 13.2 Å². The van der Waals surface area contributed by atoms with E-state index in [-0.39, 0.29) is 16.7 Å². The van der Waals surface area contributed by atoms with E-state index in [9.17, 15) is 13.2 Å². The fourth-order valence-corrected chi connectivity index (χ4v) is 5.67. The lowest BCUT2D eigenvalue weighted by Gasteiger charge is -2.44. The van der Waals surface area contributed by atoms with Crippen molar-refractivity contribution in [3.63, 3.8) is 0 Å². The van der Waals surface area contributed by atoms with Crippen molar-refractivity contribution in [2.24, 2.45) is 0 Å². The summed E-state index contributed by atoms with van der Waals surface area (Å²) in [4.78, 5) is 22.9. The third-order valence-corrected chi connectivity index (χ3v) is 7.97. The molecule has 1 fully saturated rings. The second-order valence-electron chi connectivity index (χ2n) is 8.40. The van der Waals surface area contributed by atoms with Gasteiger partial charge in [0.05, 0.1) is 16.0 Å². The minimum atomic E-state index is -3.37. The molecule has 0 bridgehead atoms. The molecular weight excluding hydrogens is 442 g/mol. The van der Waals surface area contributed by atoms with Crippen molar-refractivity contribution in [2.45, 2.75) is 37.4 Å². The van der Waals surface area contributed by atoms with Gasteiger partial charge >= 0.3 is 0 Å². The largest absolute Gasteiger partial charge is 0.343 e. The molecule has 6 nitrogen and oxygen atoms in total. The van der Waals surface area contributed by atoms with Crippen LogP contribution in [-0.4, -0.2) is 55.5 Å². The van der Waals surface area contributed by atoms with Crippen LogP contribution in [0.5, 0.6) is 0 Å². The van der Waals surface area contributed by atoms with E-state index in [1.165, 1.54) is 29.0 Å². The lowest BCUT2D eigenvalue weighted by molar-refractivity contribution is 0.104. The van der Waals surface area contributed by atoms with Crippen LogP contribution in [-0.2, 0) is 16.4 Å². The van der Waals surface area contributed by atoms with Crippen LogP contribution in [0.15, 0.2) is 65.7 Å². The van der Waals surface area contributed by atoms with Crippen LogP contribution < -0.4 is 4.90 Å². The fourth-order valence-electron chi connectivity index (χ4n) is 4.02. The molecule has 0 radical (unpaired) electrons. The third kappa shape index (κ3) is 4.92. The van der Waals surface area contributed by atoms with Crippen molar-refractivity contribution in [1.82, 2.24) is 9.88 Å². The Morgan fingerprint density at radius 2 is 1.81 bits per heavy atom. The van der Waals surface area contributed by atoms with Gasteiger partial charge in [-0.3, -0.25) is 9.69 Å². The third-order valence-electron chi connectivity index (χ3n) is 5.83. The van der Waals surface area contributed by atoms with Crippen LogP contribution in [0, 0.1) is 0 Å². The van der Waals surface area contributed by atoms with E-state index in [0.717, 1.165) is 31.0 Å². The average molecular weight is 470 g/mol. The molecule has 1 aliphatic rings. The number of carbonyl (C=O) groups is 1. The summed E-state index contributed by atoms with van der Waals surface area (Å²) in [6, 6.07) is 17.3. The maximum atomic E-state index is 13.0. The fraction of sp³-hybridized carbons (Fsp3) is 0.333. The number of carbonyl (C=O) groups excluding carboxylic acids is 1. The molecule has 0 aliphatic carbocycles. The van der Waals surface area contributed by atoms with Gasteiger partial charge in [-0.25, -0.2) is 13.4 Å². The average Bonchev–Trinajstić information content (AvgIpc) is 3.26. The predicted molar refractivity (Wildman–Crippen MR) is 128 cm³/mol. The summed E-state index contributed by atoms with van der Waals surface area (Å²) in [6.07, 6.45) is 2.74. The van der Waals surface area contributed by atoms with Crippen molar-refractivity contribution in [2.75, 3.05) is 24.2 Å². The second kappa shape index (κ2) is 9.13.